The van der Waals surface area contributed by atoms with Crippen LogP contribution in [0.4, 0.5) is 0 Å². The van der Waals surface area contributed by atoms with Gasteiger partial charge in [0.05, 0.1) is 12.7 Å². The number of methoxy groups -OCH3 is 1. The summed E-state index contributed by atoms with van der Waals surface area (Å²) in [6.45, 7) is 0.857. The minimum atomic E-state index is 0.308. The van der Waals surface area contributed by atoms with Crippen LogP contribution in [0.5, 0.6) is 0 Å². The number of unbranched alkanes of at least 4 members (excludes halogenated alkanes) is 1. The van der Waals surface area contributed by atoms with Crippen molar-refractivity contribution in [2.45, 2.75) is 19.4 Å². The first-order valence-electron chi connectivity index (χ1n) is 5.56. The highest BCUT2D eigenvalue weighted by Crippen LogP contribution is 2.09. The fourth-order valence-electron chi connectivity index (χ4n) is 1.40. The summed E-state index contributed by atoms with van der Waals surface area (Å²) in [5, 5.41) is 8.42. The molecule has 90 valence electrons. The molecule has 0 saturated heterocycles. The molecule has 1 rings (SSSR count). The van der Waals surface area contributed by atoms with Crippen molar-refractivity contribution in [2.75, 3.05) is 13.9 Å². The summed E-state index contributed by atoms with van der Waals surface area (Å²) < 4.78 is 10.1. The molecule has 0 spiro atoms. The Kier molecular flexibility index (Phi) is 6.73. The molecule has 0 unspecified atom stereocenters. The number of nitriles is 1. The molecule has 3 nitrogen and oxygen atoms in total. The van der Waals surface area contributed by atoms with Gasteiger partial charge in [-0.1, -0.05) is 30.4 Å². The van der Waals surface area contributed by atoms with Crippen LogP contribution in [0.2, 0.25) is 0 Å². The van der Waals surface area contributed by atoms with Crippen LogP contribution in [0.1, 0.15) is 24.0 Å². The Morgan fingerprint density at radius 1 is 1.41 bits per heavy atom. The number of ether oxygens (including phenoxy) is 2. The van der Waals surface area contributed by atoms with Crippen molar-refractivity contribution in [3.63, 3.8) is 0 Å². The summed E-state index contributed by atoms with van der Waals surface area (Å²) in [5.74, 6) is 0. The summed E-state index contributed by atoms with van der Waals surface area (Å²) >= 11 is 0. The van der Waals surface area contributed by atoms with E-state index in [0.29, 0.717) is 19.8 Å². The zero-order valence-electron chi connectivity index (χ0n) is 10.1. The molecule has 0 amide bonds. The lowest BCUT2D eigenvalue weighted by Crippen LogP contribution is -1.96. The van der Waals surface area contributed by atoms with Gasteiger partial charge in [-0.2, -0.15) is 5.26 Å². The van der Waals surface area contributed by atoms with Gasteiger partial charge in [0.2, 0.25) is 0 Å². The second-order valence-corrected chi connectivity index (χ2v) is 3.60. The molecule has 1 aromatic rings. The van der Waals surface area contributed by atoms with Crippen molar-refractivity contribution < 1.29 is 9.47 Å². The van der Waals surface area contributed by atoms with Gasteiger partial charge >= 0.3 is 0 Å². The summed E-state index contributed by atoms with van der Waals surface area (Å²) in [5.41, 5.74) is 2.24. The quantitative estimate of drug-likeness (QED) is 0.535. The van der Waals surface area contributed by atoms with Gasteiger partial charge in [-0.3, -0.25) is 0 Å². The third-order valence-electron chi connectivity index (χ3n) is 2.15. The van der Waals surface area contributed by atoms with Gasteiger partial charge in [-0.05, 0) is 23.6 Å². The van der Waals surface area contributed by atoms with Crippen LogP contribution in [0.15, 0.2) is 30.3 Å². The second kappa shape index (κ2) is 8.51. The third kappa shape index (κ3) is 5.86. The molecule has 17 heavy (non-hydrogen) atoms. The Morgan fingerprint density at radius 2 is 2.29 bits per heavy atom. The molecule has 3 heteroatoms. The van der Waals surface area contributed by atoms with Crippen LogP contribution < -0.4 is 0 Å². The van der Waals surface area contributed by atoms with Crippen LogP contribution in [0, 0.1) is 11.3 Å². The van der Waals surface area contributed by atoms with E-state index >= 15 is 0 Å². The van der Waals surface area contributed by atoms with Gasteiger partial charge in [0.1, 0.15) is 6.79 Å². The summed E-state index contributed by atoms with van der Waals surface area (Å²) in [6, 6.07) is 10.2. The first-order valence-corrected chi connectivity index (χ1v) is 5.56. The maximum absolute atomic E-state index is 8.42. The standard InChI is InChI=1S/C14H17NO2/c1-16-12-17-11-14-8-5-7-13(10-14)6-3-2-4-9-15/h3,5-8,10H,2,4,11-12H2,1H3. The number of benzene rings is 1. The first-order chi connectivity index (χ1) is 8.36. The molecule has 0 fully saturated rings. The minimum absolute atomic E-state index is 0.308. The number of nitrogens with zero attached hydrogens (tertiary/aromatic N) is 1. The molecule has 0 saturated carbocycles. The average Bonchev–Trinajstić information content (AvgIpc) is 2.36. The van der Waals surface area contributed by atoms with Crippen LogP contribution in [-0.2, 0) is 16.1 Å². The predicted molar refractivity (Wildman–Crippen MR) is 67.0 cm³/mol. The molecule has 0 atom stereocenters. The molecule has 0 aliphatic heterocycles. The van der Waals surface area contributed by atoms with E-state index in [2.05, 4.69) is 12.1 Å². The number of allylic oxidation sites excluding steroid dienone is 1. The number of hydrogen-bond donors (Lipinski definition) is 0. The van der Waals surface area contributed by atoms with Gasteiger partial charge in [0.25, 0.3) is 0 Å². The maximum Gasteiger partial charge on any atom is 0.146 e. The van der Waals surface area contributed by atoms with Gasteiger partial charge in [-0.25, -0.2) is 0 Å². The highest BCUT2D eigenvalue weighted by molar-refractivity contribution is 5.50. The number of rotatable bonds is 7. The Balaban J connectivity index is 2.48. The van der Waals surface area contributed by atoms with Crippen molar-refractivity contribution in [2.24, 2.45) is 0 Å². The Morgan fingerprint density at radius 3 is 3.06 bits per heavy atom. The highest BCUT2D eigenvalue weighted by atomic mass is 16.7. The van der Waals surface area contributed by atoms with Gasteiger partial charge in [-0.15, -0.1) is 0 Å². The van der Waals surface area contributed by atoms with E-state index in [1.807, 2.05) is 30.4 Å². The molecule has 0 radical (unpaired) electrons. The van der Waals surface area contributed by atoms with Crippen LogP contribution >= 0.6 is 0 Å². The third-order valence-corrected chi connectivity index (χ3v) is 2.15. The summed E-state index contributed by atoms with van der Waals surface area (Å²) in [6.07, 6.45) is 5.39. The zero-order valence-corrected chi connectivity index (χ0v) is 10.1. The lowest BCUT2D eigenvalue weighted by Gasteiger charge is -2.03. The van der Waals surface area contributed by atoms with E-state index < -0.39 is 0 Å². The van der Waals surface area contributed by atoms with E-state index in [1.54, 1.807) is 7.11 Å². The van der Waals surface area contributed by atoms with Crippen molar-refractivity contribution >= 4 is 6.08 Å². The molecule has 0 aliphatic rings. The normalized spacial score (nSPS) is 10.6. The lowest BCUT2D eigenvalue weighted by atomic mass is 10.1. The van der Waals surface area contributed by atoms with Crippen molar-refractivity contribution in [1.29, 1.82) is 5.26 Å². The topological polar surface area (TPSA) is 42.2 Å². The largest absolute Gasteiger partial charge is 0.359 e. The van der Waals surface area contributed by atoms with E-state index in [0.717, 1.165) is 17.5 Å². The average molecular weight is 231 g/mol. The monoisotopic (exact) mass is 231 g/mol. The van der Waals surface area contributed by atoms with E-state index in [9.17, 15) is 0 Å². The lowest BCUT2D eigenvalue weighted by molar-refractivity contribution is -0.0390. The molecular formula is C14H17NO2. The molecule has 1 aromatic carbocycles. The number of hydrogen-bond acceptors (Lipinski definition) is 3. The predicted octanol–water partition coefficient (Wildman–Crippen LogP) is 3.12. The van der Waals surface area contributed by atoms with E-state index in [4.69, 9.17) is 14.7 Å². The maximum atomic E-state index is 8.42. The zero-order chi connectivity index (χ0) is 12.3. The molecular weight excluding hydrogens is 214 g/mol. The van der Waals surface area contributed by atoms with E-state index in [-0.39, 0.29) is 0 Å². The second-order valence-electron chi connectivity index (χ2n) is 3.60. The van der Waals surface area contributed by atoms with Crippen LogP contribution in [-0.4, -0.2) is 13.9 Å². The van der Waals surface area contributed by atoms with Gasteiger partial charge in [0.15, 0.2) is 0 Å². The minimum Gasteiger partial charge on any atom is -0.359 e. The molecule has 0 bridgehead atoms. The van der Waals surface area contributed by atoms with Crippen LogP contribution in [0.3, 0.4) is 0 Å². The first kappa shape index (κ1) is 13.4. The Labute approximate surface area is 102 Å². The van der Waals surface area contributed by atoms with Gasteiger partial charge < -0.3 is 9.47 Å². The van der Waals surface area contributed by atoms with Gasteiger partial charge in [0, 0.05) is 13.5 Å². The molecule has 0 heterocycles. The fourth-order valence-corrected chi connectivity index (χ4v) is 1.40. The SMILES string of the molecule is COCOCc1cccc(C=CCCC#N)c1. The Hall–Kier alpha value is -1.63. The highest BCUT2D eigenvalue weighted by Gasteiger charge is 1.94. The van der Waals surface area contributed by atoms with Crippen LogP contribution in [0.25, 0.3) is 6.08 Å². The van der Waals surface area contributed by atoms with Crippen molar-refractivity contribution in [3.05, 3.63) is 41.5 Å². The molecule has 0 N–H and O–H groups in total. The van der Waals surface area contributed by atoms with Crippen molar-refractivity contribution in [3.8, 4) is 6.07 Å². The summed E-state index contributed by atoms with van der Waals surface area (Å²) in [7, 11) is 1.61. The molecule has 0 aliphatic carbocycles. The fraction of sp³-hybridized carbons (Fsp3) is 0.357. The van der Waals surface area contributed by atoms with Crippen molar-refractivity contribution in [1.82, 2.24) is 0 Å². The Bertz CT molecular complexity index is 393. The van der Waals surface area contributed by atoms with E-state index in [1.165, 1.54) is 0 Å². The smallest absolute Gasteiger partial charge is 0.146 e. The summed E-state index contributed by atoms with van der Waals surface area (Å²) in [4.78, 5) is 0. The molecule has 0 aromatic heterocycles.